The number of anilines is 1. The number of hydrogen-bond acceptors (Lipinski definition) is 5. The molecule has 2 aliphatic rings. The van der Waals surface area contributed by atoms with E-state index in [1.807, 2.05) is 12.1 Å². The number of nitrogens with zero attached hydrogens (tertiary/aromatic N) is 3. The SMILES string of the molecule is Cl.O=S1(=O)c2sc(Cl)cc2C=CN1CCCN1CCN(c2ccccc2F)CC1. The Morgan fingerprint density at radius 3 is 2.55 bits per heavy atom. The standard InChI is InChI=1S/C19H21ClFN3O2S2.ClH/c20-18-14-15-6-9-24(28(25,26)19(15)27-18)8-3-7-22-10-12-23(13-11-22)17-5-2-1-4-16(17)21;/h1-2,4-6,9,14H,3,7-8,10-13H2;1H. The Morgan fingerprint density at radius 2 is 1.83 bits per heavy atom. The van der Waals surface area contributed by atoms with Gasteiger partial charge in [0.15, 0.2) is 0 Å². The first-order chi connectivity index (χ1) is 13.4. The average molecular weight is 478 g/mol. The molecule has 158 valence electrons. The molecule has 10 heteroatoms. The van der Waals surface area contributed by atoms with Gasteiger partial charge in [-0.05, 0) is 30.7 Å². The number of piperazine rings is 1. The largest absolute Gasteiger partial charge is 0.367 e. The van der Waals surface area contributed by atoms with Gasteiger partial charge in [0.05, 0.1) is 10.0 Å². The summed E-state index contributed by atoms with van der Waals surface area (Å²) in [7, 11) is -3.50. The van der Waals surface area contributed by atoms with Crippen LogP contribution in [0.2, 0.25) is 4.34 Å². The topological polar surface area (TPSA) is 43.9 Å². The van der Waals surface area contributed by atoms with Gasteiger partial charge in [0.2, 0.25) is 0 Å². The number of rotatable bonds is 5. The number of thiophene rings is 1. The molecule has 0 amide bonds. The molecule has 1 aromatic carbocycles. The van der Waals surface area contributed by atoms with Crippen LogP contribution < -0.4 is 4.90 Å². The molecule has 1 saturated heterocycles. The van der Waals surface area contributed by atoms with E-state index < -0.39 is 10.0 Å². The molecule has 0 unspecified atom stereocenters. The van der Waals surface area contributed by atoms with Gasteiger partial charge in [-0.2, -0.15) is 0 Å². The number of sulfonamides is 1. The lowest BCUT2D eigenvalue weighted by Crippen LogP contribution is -2.47. The third kappa shape index (κ3) is 4.72. The molecular weight excluding hydrogens is 456 g/mol. The summed E-state index contributed by atoms with van der Waals surface area (Å²) in [5.41, 5.74) is 1.31. The minimum atomic E-state index is -3.50. The van der Waals surface area contributed by atoms with E-state index >= 15 is 0 Å². The Hall–Kier alpha value is -1.32. The van der Waals surface area contributed by atoms with Crippen molar-refractivity contribution in [1.82, 2.24) is 9.21 Å². The lowest BCUT2D eigenvalue weighted by molar-refractivity contribution is 0.249. The van der Waals surface area contributed by atoms with Crippen LogP contribution in [0.3, 0.4) is 0 Å². The molecule has 2 aromatic rings. The van der Waals surface area contributed by atoms with Crippen LogP contribution in [0.4, 0.5) is 10.1 Å². The van der Waals surface area contributed by atoms with Crippen molar-refractivity contribution in [1.29, 1.82) is 0 Å². The van der Waals surface area contributed by atoms with Gasteiger partial charge in [0, 0.05) is 51.0 Å². The van der Waals surface area contributed by atoms with E-state index in [-0.39, 0.29) is 18.2 Å². The fourth-order valence-corrected chi connectivity index (χ4v) is 6.89. The highest BCUT2D eigenvalue weighted by atomic mass is 35.5. The Morgan fingerprint density at radius 1 is 1.10 bits per heavy atom. The molecule has 5 nitrogen and oxygen atoms in total. The first kappa shape index (κ1) is 22.4. The Balaban J connectivity index is 0.00000240. The first-order valence-electron chi connectivity index (χ1n) is 9.16. The summed E-state index contributed by atoms with van der Waals surface area (Å²) in [6, 6.07) is 8.53. The van der Waals surface area contributed by atoms with E-state index in [9.17, 15) is 12.8 Å². The predicted molar refractivity (Wildman–Crippen MR) is 119 cm³/mol. The Kier molecular flexibility index (Phi) is 7.11. The van der Waals surface area contributed by atoms with Gasteiger partial charge in [-0.1, -0.05) is 23.7 Å². The molecule has 2 aliphatic heterocycles. The molecule has 0 N–H and O–H groups in total. The molecule has 29 heavy (non-hydrogen) atoms. The van der Waals surface area contributed by atoms with Gasteiger partial charge in [0.25, 0.3) is 10.0 Å². The van der Waals surface area contributed by atoms with E-state index in [1.165, 1.54) is 10.4 Å². The normalized spacial score (nSPS) is 18.4. The molecule has 0 bridgehead atoms. The number of hydrogen-bond donors (Lipinski definition) is 0. The summed E-state index contributed by atoms with van der Waals surface area (Å²) in [6.07, 6.45) is 4.15. The van der Waals surface area contributed by atoms with Crippen molar-refractivity contribution < 1.29 is 12.8 Å². The van der Waals surface area contributed by atoms with Crippen LogP contribution in [0, 0.1) is 5.82 Å². The van der Waals surface area contributed by atoms with E-state index in [0.717, 1.165) is 50.5 Å². The zero-order valence-corrected chi connectivity index (χ0v) is 18.8. The van der Waals surface area contributed by atoms with Crippen molar-refractivity contribution in [2.75, 3.05) is 44.2 Å². The van der Waals surface area contributed by atoms with Crippen LogP contribution in [-0.4, -0.2) is 56.9 Å². The van der Waals surface area contributed by atoms with Crippen molar-refractivity contribution >= 4 is 57.1 Å². The summed E-state index contributed by atoms with van der Waals surface area (Å²) in [5, 5.41) is 0. The lowest BCUT2D eigenvalue weighted by atomic mass is 10.2. The van der Waals surface area contributed by atoms with Crippen molar-refractivity contribution in [2.24, 2.45) is 0 Å². The maximum absolute atomic E-state index is 13.9. The van der Waals surface area contributed by atoms with Gasteiger partial charge in [0.1, 0.15) is 10.0 Å². The molecule has 0 aliphatic carbocycles. The quantitative estimate of drug-likeness (QED) is 0.648. The van der Waals surface area contributed by atoms with Gasteiger partial charge in [-0.3, -0.25) is 9.21 Å². The molecule has 1 fully saturated rings. The van der Waals surface area contributed by atoms with Crippen molar-refractivity contribution in [3.8, 4) is 0 Å². The monoisotopic (exact) mass is 477 g/mol. The van der Waals surface area contributed by atoms with Crippen LogP contribution in [0.5, 0.6) is 0 Å². The zero-order valence-electron chi connectivity index (χ0n) is 15.6. The third-order valence-corrected chi connectivity index (χ3v) is 8.66. The lowest BCUT2D eigenvalue weighted by Gasteiger charge is -2.36. The second-order valence-electron chi connectivity index (χ2n) is 6.86. The maximum atomic E-state index is 13.9. The Bertz CT molecular complexity index is 989. The van der Waals surface area contributed by atoms with E-state index in [1.54, 1.807) is 24.4 Å². The van der Waals surface area contributed by atoms with Gasteiger partial charge in [-0.25, -0.2) is 12.8 Å². The highest BCUT2D eigenvalue weighted by molar-refractivity contribution is 7.91. The molecule has 0 atom stereocenters. The highest BCUT2D eigenvalue weighted by Crippen LogP contribution is 2.36. The molecule has 0 radical (unpaired) electrons. The highest BCUT2D eigenvalue weighted by Gasteiger charge is 2.30. The second-order valence-corrected chi connectivity index (χ2v) is 10.6. The molecule has 0 spiro atoms. The summed E-state index contributed by atoms with van der Waals surface area (Å²) < 4.78 is 41.5. The molecule has 1 aromatic heterocycles. The summed E-state index contributed by atoms with van der Waals surface area (Å²) >= 11 is 7.06. The third-order valence-electron chi connectivity index (χ3n) is 5.08. The average Bonchev–Trinajstić information content (AvgIpc) is 3.07. The van der Waals surface area contributed by atoms with Crippen LogP contribution in [-0.2, 0) is 10.0 Å². The van der Waals surface area contributed by atoms with Crippen LogP contribution >= 0.6 is 35.3 Å². The molecule has 4 rings (SSSR count). The number of benzene rings is 1. The second kappa shape index (κ2) is 9.22. The van der Waals surface area contributed by atoms with E-state index in [2.05, 4.69) is 9.80 Å². The van der Waals surface area contributed by atoms with Crippen molar-refractivity contribution in [3.05, 3.63) is 52.2 Å². The molecular formula is C19H22Cl2FN3O2S2. The molecule has 3 heterocycles. The maximum Gasteiger partial charge on any atom is 0.273 e. The van der Waals surface area contributed by atoms with Crippen LogP contribution in [0.15, 0.2) is 40.7 Å². The zero-order chi connectivity index (χ0) is 19.7. The van der Waals surface area contributed by atoms with Crippen molar-refractivity contribution in [3.63, 3.8) is 0 Å². The van der Waals surface area contributed by atoms with Crippen LogP contribution in [0.25, 0.3) is 6.08 Å². The summed E-state index contributed by atoms with van der Waals surface area (Å²) in [5.74, 6) is -0.189. The number of para-hydroxylation sites is 1. The smallest absolute Gasteiger partial charge is 0.273 e. The number of halogens is 3. The van der Waals surface area contributed by atoms with E-state index in [4.69, 9.17) is 11.6 Å². The predicted octanol–water partition coefficient (Wildman–Crippen LogP) is 4.15. The fourth-order valence-electron chi connectivity index (χ4n) is 3.59. The van der Waals surface area contributed by atoms with E-state index in [0.29, 0.717) is 26.3 Å². The summed E-state index contributed by atoms with van der Waals surface area (Å²) in [4.78, 5) is 4.36. The van der Waals surface area contributed by atoms with Crippen molar-refractivity contribution in [2.45, 2.75) is 10.6 Å². The summed E-state index contributed by atoms with van der Waals surface area (Å²) in [6.45, 7) is 4.44. The minimum absolute atomic E-state index is 0. The molecule has 0 saturated carbocycles. The van der Waals surface area contributed by atoms with Crippen LogP contribution in [0.1, 0.15) is 12.0 Å². The first-order valence-corrected chi connectivity index (χ1v) is 11.8. The van der Waals surface area contributed by atoms with Gasteiger partial charge >= 0.3 is 0 Å². The number of fused-ring (bicyclic) bond motifs is 1. The Labute approximate surface area is 185 Å². The minimum Gasteiger partial charge on any atom is -0.367 e. The van der Waals surface area contributed by atoms with Gasteiger partial charge in [-0.15, -0.1) is 23.7 Å². The fraction of sp³-hybridized carbons (Fsp3) is 0.368. The van der Waals surface area contributed by atoms with Gasteiger partial charge < -0.3 is 4.90 Å².